The third kappa shape index (κ3) is 3.53. The van der Waals surface area contributed by atoms with Gasteiger partial charge in [-0.15, -0.1) is 0 Å². The average molecular weight is 323 g/mol. The molecule has 122 valence electrons. The van der Waals surface area contributed by atoms with Crippen LogP contribution >= 0.6 is 0 Å². The first-order valence-corrected chi connectivity index (χ1v) is 7.15. The highest BCUT2D eigenvalue weighted by Crippen LogP contribution is 2.31. The van der Waals surface area contributed by atoms with Crippen molar-refractivity contribution in [3.05, 3.63) is 35.7 Å². The molecule has 0 bridgehead atoms. The van der Waals surface area contributed by atoms with Crippen molar-refractivity contribution < 1.29 is 22.9 Å². The van der Waals surface area contributed by atoms with Crippen molar-refractivity contribution in [2.75, 3.05) is 7.11 Å². The summed E-state index contributed by atoms with van der Waals surface area (Å²) in [4.78, 5) is 20.7. The molecule has 0 spiro atoms. The molecule has 0 aliphatic heterocycles. The molecule has 1 aromatic heterocycles. The van der Waals surface area contributed by atoms with Crippen molar-refractivity contribution in [3.8, 4) is 11.4 Å². The number of nitrogens with zero attached hydrogens (tertiary/aromatic N) is 3. The highest BCUT2D eigenvalue weighted by molar-refractivity contribution is 5.80. The Hall–Kier alpha value is -2.35. The minimum atomic E-state index is -2.79. The zero-order valence-electron chi connectivity index (χ0n) is 12.4. The van der Waals surface area contributed by atoms with Gasteiger partial charge in [0.15, 0.2) is 0 Å². The molecule has 3 rings (SSSR count). The predicted molar refractivity (Wildman–Crippen MR) is 75.0 cm³/mol. The Morgan fingerprint density at radius 1 is 1.39 bits per heavy atom. The molecule has 1 heterocycles. The van der Waals surface area contributed by atoms with Gasteiger partial charge in [-0.05, 0) is 18.4 Å². The highest BCUT2D eigenvalue weighted by Gasteiger charge is 2.33. The third-order valence-electron chi connectivity index (χ3n) is 3.56. The molecule has 0 saturated heterocycles. The average Bonchev–Trinajstić information content (AvgIpc) is 3.29. The van der Waals surface area contributed by atoms with E-state index in [-0.39, 0.29) is 17.6 Å². The Bertz CT molecular complexity index is 684. The quantitative estimate of drug-likeness (QED) is 0.765. The molecule has 1 saturated carbocycles. The van der Waals surface area contributed by atoms with Gasteiger partial charge in [0, 0.05) is 11.5 Å². The molecule has 6 nitrogen and oxygen atoms in total. The lowest BCUT2D eigenvalue weighted by molar-refractivity contribution is -0.180. The summed E-state index contributed by atoms with van der Waals surface area (Å²) in [6.07, 6.45) is -0.983. The monoisotopic (exact) mass is 323 g/mol. The maximum absolute atomic E-state index is 12.4. The predicted octanol–water partition coefficient (Wildman–Crippen LogP) is 2.97. The van der Waals surface area contributed by atoms with Crippen molar-refractivity contribution in [1.82, 2.24) is 15.2 Å². The fourth-order valence-corrected chi connectivity index (χ4v) is 2.13. The number of amides is 1. The van der Waals surface area contributed by atoms with Crippen molar-refractivity contribution in [2.45, 2.75) is 25.8 Å². The molecule has 2 aromatic rings. The number of carbonyl (C=O) groups is 1. The van der Waals surface area contributed by atoms with Gasteiger partial charge in [-0.1, -0.05) is 29.4 Å². The molecule has 1 aromatic carbocycles. The molecule has 0 N–H and O–H groups in total. The molecular formula is C15H15F2N3O3. The van der Waals surface area contributed by atoms with Crippen molar-refractivity contribution in [2.24, 2.45) is 5.92 Å². The minimum absolute atomic E-state index is 0.0173. The first kappa shape index (κ1) is 15.5. The highest BCUT2D eigenvalue weighted by atomic mass is 19.3. The van der Waals surface area contributed by atoms with E-state index in [2.05, 4.69) is 14.7 Å². The molecule has 1 aliphatic carbocycles. The number of aromatic nitrogens is 2. The second-order valence-corrected chi connectivity index (χ2v) is 5.29. The summed E-state index contributed by atoms with van der Waals surface area (Å²) >= 11 is 0. The number of carbonyl (C=O) groups excluding carboxylic acids is 1. The van der Waals surface area contributed by atoms with Gasteiger partial charge in [0.1, 0.15) is 0 Å². The van der Waals surface area contributed by atoms with Crippen LogP contribution in [0.1, 0.15) is 30.7 Å². The van der Waals surface area contributed by atoms with E-state index in [0.29, 0.717) is 12.1 Å². The Labute approximate surface area is 131 Å². The van der Waals surface area contributed by atoms with Crippen LogP contribution in [-0.2, 0) is 16.2 Å². The van der Waals surface area contributed by atoms with E-state index >= 15 is 0 Å². The van der Waals surface area contributed by atoms with Gasteiger partial charge < -0.3 is 4.52 Å². The van der Waals surface area contributed by atoms with Crippen molar-refractivity contribution in [3.63, 3.8) is 0 Å². The SMILES string of the molecule is CON(Cc1ccc(-c2noc(C(F)F)n2)cc1)C(=O)C1CC1. The topological polar surface area (TPSA) is 68.5 Å². The number of hydroxylamine groups is 2. The third-order valence-corrected chi connectivity index (χ3v) is 3.56. The molecule has 0 radical (unpaired) electrons. The lowest BCUT2D eigenvalue weighted by Gasteiger charge is -2.19. The molecule has 1 aliphatic rings. The van der Waals surface area contributed by atoms with Gasteiger partial charge in [-0.3, -0.25) is 9.63 Å². The van der Waals surface area contributed by atoms with E-state index in [1.165, 1.54) is 12.2 Å². The zero-order chi connectivity index (χ0) is 16.4. The molecule has 0 atom stereocenters. The van der Waals surface area contributed by atoms with E-state index in [9.17, 15) is 13.6 Å². The van der Waals surface area contributed by atoms with E-state index in [4.69, 9.17) is 4.84 Å². The largest absolute Gasteiger partial charge is 0.333 e. The summed E-state index contributed by atoms with van der Waals surface area (Å²) in [6.45, 7) is 0.320. The summed E-state index contributed by atoms with van der Waals surface area (Å²) in [5, 5.41) is 4.85. The van der Waals surface area contributed by atoms with E-state index in [1.54, 1.807) is 24.3 Å². The van der Waals surface area contributed by atoms with Crippen LogP contribution in [0.15, 0.2) is 28.8 Å². The molecule has 0 unspecified atom stereocenters. The fraction of sp³-hybridized carbons (Fsp3) is 0.400. The molecule has 23 heavy (non-hydrogen) atoms. The Kier molecular flexibility index (Phi) is 4.33. The number of rotatable bonds is 6. The Morgan fingerprint density at radius 3 is 2.61 bits per heavy atom. The number of benzene rings is 1. The van der Waals surface area contributed by atoms with Gasteiger partial charge >= 0.3 is 6.43 Å². The maximum atomic E-state index is 12.4. The Morgan fingerprint density at radius 2 is 2.09 bits per heavy atom. The smallest absolute Gasteiger partial charge is 0.315 e. The number of hydrogen-bond acceptors (Lipinski definition) is 5. The van der Waals surface area contributed by atoms with Gasteiger partial charge in [-0.25, -0.2) is 5.06 Å². The number of alkyl halides is 2. The lowest BCUT2D eigenvalue weighted by atomic mass is 10.1. The minimum Gasteiger partial charge on any atom is -0.333 e. The molecule has 1 fully saturated rings. The second kappa shape index (κ2) is 6.41. The Balaban J connectivity index is 1.69. The van der Waals surface area contributed by atoms with Gasteiger partial charge in [-0.2, -0.15) is 13.8 Å². The maximum Gasteiger partial charge on any atom is 0.315 e. The first-order valence-electron chi connectivity index (χ1n) is 7.15. The molecule has 1 amide bonds. The molecular weight excluding hydrogens is 308 g/mol. The van der Waals surface area contributed by atoms with Crippen molar-refractivity contribution in [1.29, 1.82) is 0 Å². The van der Waals surface area contributed by atoms with Gasteiger partial charge in [0.25, 0.3) is 5.89 Å². The molecule has 8 heteroatoms. The summed E-state index contributed by atoms with van der Waals surface area (Å²) in [5.74, 6) is -0.549. The van der Waals surface area contributed by atoms with Crippen LogP contribution in [0, 0.1) is 5.92 Å². The number of hydrogen-bond donors (Lipinski definition) is 0. The fourth-order valence-electron chi connectivity index (χ4n) is 2.13. The zero-order valence-corrected chi connectivity index (χ0v) is 12.4. The first-order chi connectivity index (χ1) is 11.1. The van der Waals surface area contributed by atoms with Crippen LogP contribution in [0.25, 0.3) is 11.4 Å². The van der Waals surface area contributed by atoms with Crippen LogP contribution in [0.5, 0.6) is 0 Å². The van der Waals surface area contributed by atoms with Crippen LogP contribution in [0.4, 0.5) is 8.78 Å². The van der Waals surface area contributed by atoms with Gasteiger partial charge in [0.2, 0.25) is 11.7 Å². The van der Waals surface area contributed by atoms with E-state index in [0.717, 1.165) is 18.4 Å². The van der Waals surface area contributed by atoms with Crippen LogP contribution in [-0.4, -0.2) is 28.2 Å². The standard InChI is InChI=1S/C15H15F2N3O3/c1-22-20(15(21)11-6-7-11)8-9-2-4-10(5-3-9)13-18-14(12(16)17)23-19-13/h2-5,11-12H,6-8H2,1H3. The van der Waals surface area contributed by atoms with Crippen LogP contribution in [0.2, 0.25) is 0 Å². The summed E-state index contributed by atoms with van der Waals surface area (Å²) in [6, 6.07) is 6.90. The van der Waals surface area contributed by atoms with E-state index < -0.39 is 12.3 Å². The van der Waals surface area contributed by atoms with Crippen molar-refractivity contribution >= 4 is 5.91 Å². The second-order valence-electron chi connectivity index (χ2n) is 5.29. The van der Waals surface area contributed by atoms with Crippen LogP contribution in [0.3, 0.4) is 0 Å². The van der Waals surface area contributed by atoms with Gasteiger partial charge in [0.05, 0.1) is 13.7 Å². The number of halogens is 2. The summed E-state index contributed by atoms with van der Waals surface area (Å²) in [5.41, 5.74) is 1.41. The van der Waals surface area contributed by atoms with E-state index in [1.807, 2.05) is 0 Å². The summed E-state index contributed by atoms with van der Waals surface area (Å²) in [7, 11) is 1.46. The normalized spacial score (nSPS) is 14.3. The van der Waals surface area contributed by atoms with Crippen LogP contribution < -0.4 is 0 Å². The summed E-state index contributed by atoms with van der Waals surface area (Å²) < 4.78 is 29.4. The lowest BCUT2D eigenvalue weighted by Crippen LogP contribution is -2.30.